The molecule has 0 aromatic carbocycles. The lowest BCUT2D eigenvalue weighted by molar-refractivity contribution is -0.121. The highest BCUT2D eigenvalue weighted by molar-refractivity contribution is 5.85. The molecular formula is C8H15ClO. The highest BCUT2D eigenvalue weighted by atomic mass is 35.5. The van der Waals surface area contributed by atoms with Crippen LogP contribution in [0.1, 0.15) is 39.5 Å². The van der Waals surface area contributed by atoms with E-state index in [-0.39, 0.29) is 12.4 Å². The fourth-order valence-electron chi connectivity index (χ4n) is 1.21. The van der Waals surface area contributed by atoms with Gasteiger partial charge in [-0.25, -0.2) is 0 Å². The van der Waals surface area contributed by atoms with Gasteiger partial charge in [0.1, 0.15) is 5.78 Å². The molecular weight excluding hydrogens is 148 g/mol. The van der Waals surface area contributed by atoms with E-state index in [0.29, 0.717) is 11.2 Å². The van der Waals surface area contributed by atoms with Crippen LogP contribution in [0.15, 0.2) is 0 Å². The average molecular weight is 163 g/mol. The fraction of sp³-hybridized carbons (Fsp3) is 0.875. The normalized spacial score (nSPS) is 23.6. The number of Topliss-reactive ketones (excluding diaryl/α,β-unsaturated/α-hetero) is 1. The van der Waals surface area contributed by atoms with Gasteiger partial charge in [-0.2, -0.15) is 0 Å². The third kappa shape index (κ3) is 2.70. The van der Waals surface area contributed by atoms with Crippen molar-refractivity contribution in [2.45, 2.75) is 39.5 Å². The first-order valence-electron chi connectivity index (χ1n) is 3.62. The molecule has 0 amide bonds. The summed E-state index contributed by atoms with van der Waals surface area (Å²) in [7, 11) is 0. The molecule has 1 saturated carbocycles. The van der Waals surface area contributed by atoms with Crippen LogP contribution in [-0.4, -0.2) is 5.78 Å². The molecule has 1 aliphatic carbocycles. The van der Waals surface area contributed by atoms with E-state index in [2.05, 4.69) is 13.8 Å². The van der Waals surface area contributed by atoms with Gasteiger partial charge in [0.25, 0.3) is 0 Å². The van der Waals surface area contributed by atoms with Gasteiger partial charge in [-0.3, -0.25) is 4.79 Å². The first-order chi connectivity index (χ1) is 4.10. The van der Waals surface area contributed by atoms with Crippen LogP contribution in [0.4, 0.5) is 0 Å². The summed E-state index contributed by atoms with van der Waals surface area (Å²) in [6.07, 6.45) is 3.80. The summed E-state index contributed by atoms with van der Waals surface area (Å²) < 4.78 is 0. The minimum Gasteiger partial charge on any atom is -0.300 e. The van der Waals surface area contributed by atoms with Crippen molar-refractivity contribution >= 4 is 18.2 Å². The molecule has 2 heteroatoms. The molecule has 0 aromatic heterocycles. The van der Waals surface area contributed by atoms with Crippen LogP contribution in [0, 0.1) is 5.41 Å². The molecule has 0 spiro atoms. The van der Waals surface area contributed by atoms with Crippen molar-refractivity contribution in [1.29, 1.82) is 0 Å². The molecule has 0 unspecified atom stereocenters. The second kappa shape index (κ2) is 3.38. The molecule has 0 radical (unpaired) electrons. The number of rotatable bonds is 0. The quantitative estimate of drug-likeness (QED) is 0.535. The summed E-state index contributed by atoms with van der Waals surface area (Å²) in [5.74, 6) is 0.453. The lowest BCUT2D eigenvalue weighted by Gasteiger charge is -2.27. The van der Waals surface area contributed by atoms with Crippen LogP contribution in [0.2, 0.25) is 0 Å². The summed E-state index contributed by atoms with van der Waals surface area (Å²) in [6, 6.07) is 0. The maximum atomic E-state index is 10.8. The Bertz CT molecular complexity index is 117. The molecule has 1 rings (SSSR count). The maximum absolute atomic E-state index is 10.8. The smallest absolute Gasteiger partial charge is 0.132 e. The van der Waals surface area contributed by atoms with Gasteiger partial charge in [0.2, 0.25) is 0 Å². The van der Waals surface area contributed by atoms with E-state index in [1.54, 1.807) is 0 Å². The Labute approximate surface area is 68.6 Å². The molecule has 1 aliphatic rings. The summed E-state index contributed by atoms with van der Waals surface area (Å²) in [5.41, 5.74) is 0.438. The van der Waals surface area contributed by atoms with Crippen molar-refractivity contribution in [3.63, 3.8) is 0 Å². The van der Waals surface area contributed by atoms with Crippen LogP contribution in [0.5, 0.6) is 0 Å². The van der Waals surface area contributed by atoms with E-state index < -0.39 is 0 Å². The van der Waals surface area contributed by atoms with Crippen LogP contribution in [0.25, 0.3) is 0 Å². The molecule has 0 bridgehead atoms. The second-order valence-electron chi connectivity index (χ2n) is 3.70. The zero-order valence-electron chi connectivity index (χ0n) is 6.64. The summed E-state index contributed by atoms with van der Waals surface area (Å²) in [5, 5.41) is 0. The molecule has 0 N–H and O–H groups in total. The van der Waals surface area contributed by atoms with Gasteiger partial charge in [-0.05, 0) is 18.3 Å². The molecule has 0 aliphatic heterocycles. The van der Waals surface area contributed by atoms with Gasteiger partial charge >= 0.3 is 0 Å². The van der Waals surface area contributed by atoms with Crippen molar-refractivity contribution in [3.8, 4) is 0 Å². The Morgan fingerprint density at radius 3 is 1.90 bits per heavy atom. The van der Waals surface area contributed by atoms with Crippen LogP contribution in [0.3, 0.4) is 0 Å². The van der Waals surface area contributed by atoms with Gasteiger partial charge in [-0.15, -0.1) is 12.4 Å². The van der Waals surface area contributed by atoms with Crippen molar-refractivity contribution < 1.29 is 4.79 Å². The van der Waals surface area contributed by atoms with Crippen molar-refractivity contribution in [3.05, 3.63) is 0 Å². The predicted molar refractivity (Wildman–Crippen MR) is 44.5 cm³/mol. The molecule has 0 heterocycles. The SMILES string of the molecule is CC1(C)CCC(=O)CC1.Cl. The topological polar surface area (TPSA) is 17.1 Å². The number of halogens is 1. The van der Waals surface area contributed by atoms with Crippen LogP contribution < -0.4 is 0 Å². The van der Waals surface area contributed by atoms with Crippen molar-refractivity contribution in [2.24, 2.45) is 5.41 Å². The summed E-state index contributed by atoms with van der Waals surface area (Å²) in [4.78, 5) is 10.8. The van der Waals surface area contributed by atoms with Gasteiger partial charge < -0.3 is 0 Å². The third-order valence-corrected chi connectivity index (χ3v) is 2.16. The summed E-state index contributed by atoms with van der Waals surface area (Å²) in [6.45, 7) is 4.47. The first-order valence-corrected chi connectivity index (χ1v) is 3.62. The van der Waals surface area contributed by atoms with Crippen LogP contribution in [-0.2, 0) is 4.79 Å². The van der Waals surface area contributed by atoms with Crippen LogP contribution >= 0.6 is 12.4 Å². The fourth-order valence-corrected chi connectivity index (χ4v) is 1.21. The number of hydrogen-bond donors (Lipinski definition) is 0. The Kier molecular flexibility index (Phi) is 3.37. The number of carbonyl (C=O) groups is 1. The molecule has 1 nitrogen and oxygen atoms in total. The Hall–Kier alpha value is -0.0400. The number of hydrogen-bond acceptors (Lipinski definition) is 1. The highest BCUT2D eigenvalue weighted by Crippen LogP contribution is 2.32. The molecule has 60 valence electrons. The van der Waals surface area contributed by atoms with E-state index in [0.717, 1.165) is 25.7 Å². The molecule has 10 heavy (non-hydrogen) atoms. The number of carbonyl (C=O) groups excluding carboxylic acids is 1. The predicted octanol–water partition coefficient (Wildman–Crippen LogP) is 2.58. The van der Waals surface area contributed by atoms with E-state index >= 15 is 0 Å². The highest BCUT2D eigenvalue weighted by Gasteiger charge is 2.24. The first kappa shape index (κ1) is 9.96. The van der Waals surface area contributed by atoms with Crippen molar-refractivity contribution in [2.75, 3.05) is 0 Å². The van der Waals surface area contributed by atoms with Gasteiger partial charge in [-0.1, -0.05) is 13.8 Å². The minimum atomic E-state index is 0. The lowest BCUT2D eigenvalue weighted by Crippen LogP contribution is -2.20. The monoisotopic (exact) mass is 162 g/mol. The third-order valence-electron chi connectivity index (χ3n) is 2.16. The Balaban J connectivity index is 0.000000810. The Morgan fingerprint density at radius 2 is 1.60 bits per heavy atom. The maximum Gasteiger partial charge on any atom is 0.132 e. The van der Waals surface area contributed by atoms with E-state index in [9.17, 15) is 4.79 Å². The van der Waals surface area contributed by atoms with Gasteiger partial charge in [0.15, 0.2) is 0 Å². The molecule has 0 atom stereocenters. The lowest BCUT2D eigenvalue weighted by atomic mass is 9.77. The van der Waals surface area contributed by atoms with E-state index in [1.165, 1.54) is 0 Å². The number of ketones is 1. The van der Waals surface area contributed by atoms with Crippen molar-refractivity contribution in [1.82, 2.24) is 0 Å². The zero-order chi connectivity index (χ0) is 6.91. The average Bonchev–Trinajstić information content (AvgIpc) is 1.78. The molecule has 0 saturated heterocycles. The standard InChI is InChI=1S/C8H14O.ClH/c1-8(2)5-3-7(9)4-6-8;/h3-6H2,1-2H3;1H. The largest absolute Gasteiger partial charge is 0.300 e. The molecule has 1 fully saturated rings. The van der Waals surface area contributed by atoms with Gasteiger partial charge in [0, 0.05) is 12.8 Å². The van der Waals surface area contributed by atoms with Gasteiger partial charge in [0.05, 0.1) is 0 Å². The minimum absolute atomic E-state index is 0. The second-order valence-corrected chi connectivity index (χ2v) is 3.70. The van der Waals surface area contributed by atoms with E-state index in [1.807, 2.05) is 0 Å². The van der Waals surface area contributed by atoms with E-state index in [4.69, 9.17) is 0 Å². The Morgan fingerprint density at radius 1 is 1.20 bits per heavy atom. The molecule has 0 aromatic rings. The zero-order valence-corrected chi connectivity index (χ0v) is 7.46. The summed E-state index contributed by atoms with van der Waals surface area (Å²) >= 11 is 0.